The molecule has 2 N–H and O–H groups in total. The van der Waals surface area contributed by atoms with E-state index >= 15 is 0 Å². The molecule has 1 amide bonds. The number of hydrogen-bond acceptors (Lipinski definition) is 8. The number of alkyl halides is 3. The van der Waals surface area contributed by atoms with Crippen LogP contribution in [0.5, 0.6) is 0 Å². The monoisotopic (exact) mass is 642 g/mol. The van der Waals surface area contributed by atoms with Crippen molar-refractivity contribution in [3.8, 4) is 0 Å². The maximum atomic E-state index is 14.1. The van der Waals surface area contributed by atoms with Gasteiger partial charge in [-0.25, -0.2) is 0 Å². The van der Waals surface area contributed by atoms with Gasteiger partial charge in [-0.3, -0.25) is 13.9 Å². The molecule has 0 saturated carbocycles. The molecule has 1 aliphatic rings. The number of halogens is 3. The third-order valence-electron chi connectivity index (χ3n) is 6.97. The van der Waals surface area contributed by atoms with E-state index in [0.29, 0.717) is 30.6 Å². The number of anilines is 1. The number of methoxy groups -OCH3 is 1. The lowest BCUT2D eigenvalue weighted by molar-refractivity contribution is -0.173. The van der Waals surface area contributed by atoms with Gasteiger partial charge in [0.15, 0.2) is 0 Å². The number of nitrogens with one attached hydrogen (secondary N) is 1. The summed E-state index contributed by atoms with van der Waals surface area (Å²) < 4.78 is 99.3. The van der Waals surface area contributed by atoms with Crippen molar-refractivity contribution in [1.29, 1.82) is 0 Å². The van der Waals surface area contributed by atoms with E-state index in [0.717, 1.165) is 30.5 Å². The zero-order valence-electron chi connectivity index (χ0n) is 24.4. The van der Waals surface area contributed by atoms with Crippen LogP contribution in [-0.4, -0.2) is 70.8 Å². The predicted molar refractivity (Wildman–Crippen MR) is 155 cm³/mol. The molecule has 42 heavy (non-hydrogen) atoms. The smallest absolute Gasteiger partial charge is 0.385 e. The van der Waals surface area contributed by atoms with Gasteiger partial charge < -0.3 is 24.0 Å². The Morgan fingerprint density at radius 3 is 2.21 bits per heavy atom. The van der Waals surface area contributed by atoms with Crippen molar-refractivity contribution < 1.29 is 49.3 Å². The molecule has 1 heterocycles. The molecular formula is C27H42F3N2O8PS. The molecule has 2 rings (SSSR count). The Morgan fingerprint density at radius 1 is 1.05 bits per heavy atom. The summed E-state index contributed by atoms with van der Waals surface area (Å²) >= 11 is 0. The Balaban J connectivity index is 2.16. The highest BCUT2D eigenvalue weighted by atomic mass is 32.2. The SMILES string of the molecule is C=C1N(CCCS(=O)(=O)O)c2ccc(P(=O)(OCCCCCCOC)OCCCCNC(=O)C(F)(F)F)cc2C1(C)C. The van der Waals surface area contributed by atoms with E-state index in [9.17, 15) is 30.9 Å². The topological polar surface area (TPSA) is 131 Å². The Labute approximate surface area is 246 Å². The number of rotatable bonds is 19. The Hall–Kier alpha value is -1.96. The first-order chi connectivity index (χ1) is 19.5. The Kier molecular flexibility index (Phi) is 13.5. The highest BCUT2D eigenvalue weighted by Crippen LogP contribution is 2.52. The van der Waals surface area contributed by atoms with Gasteiger partial charge in [0.2, 0.25) is 0 Å². The predicted octanol–water partition coefficient (Wildman–Crippen LogP) is 5.09. The third-order valence-corrected chi connectivity index (χ3v) is 9.73. The zero-order chi connectivity index (χ0) is 31.6. The van der Waals surface area contributed by atoms with Gasteiger partial charge in [-0.1, -0.05) is 33.3 Å². The number of hydrogen-bond donors (Lipinski definition) is 2. The molecule has 0 aromatic heterocycles. The first-order valence-electron chi connectivity index (χ1n) is 13.8. The van der Waals surface area contributed by atoms with Crippen LogP contribution in [0.1, 0.15) is 64.4 Å². The van der Waals surface area contributed by atoms with Gasteiger partial charge in [0, 0.05) is 43.6 Å². The molecular weight excluding hydrogens is 600 g/mol. The van der Waals surface area contributed by atoms with Crippen LogP contribution in [-0.2, 0) is 38.7 Å². The molecule has 0 aliphatic carbocycles. The van der Waals surface area contributed by atoms with Crippen LogP contribution in [0.4, 0.5) is 18.9 Å². The van der Waals surface area contributed by atoms with Crippen LogP contribution in [0.15, 0.2) is 30.5 Å². The van der Waals surface area contributed by atoms with Gasteiger partial charge in [0.25, 0.3) is 10.1 Å². The highest BCUT2D eigenvalue weighted by Gasteiger charge is 2.41. The fraction of sp³-hybridized carbons (Fsp3) is 0.667. The van der Waals surface area contributed by atoms with Crippen LogP contribution in [0.25, 0.3) is 0 Å². The number of unbranched alkanes of at least 4 members (excludes halogenated alkanes) is 4. The molecule has 240 valence electrons. The number of benzene rings is 1. The number of fused-ring (bicyclic) bond motifs is 1. The zero-order valence-corrected chi connectivity index (χ0v) is 26.1. The van der Waals surface area contributed by atoms with Crippen molar-refractivity contribution in [2.45, 2.75) is 70.4 Å². The molecule has 0 spiro atoms. The largest absolute Gasteiger partial charge is 0.471 e. The van der Waals surface area contributed by atoms with E-state index in [4.69, 9.17) is 18.3 Å². The second-order valence-corrected chi connectivity index (χ2v) is 14.2. The van der Waals surface area contributed by atoms with Crippen LogP contribution >= 0.6 is 7.60 Å². The minimum absolute atomic E-state index is 0.0675. The lowest BCUT2D eigenvalue weighted by Gasteiger charge is -2.25. The highest BCUT2D eigenvalue weighted by molar-refractivity contribution is 7.85. The minimum atomic E-state index is -4.96. The summed E-state index contributed by atoms with van der Waals surface area (Å²) in [7, 11) is -6.33. The van der Waals surface area contributed by atoms with Gasteiger partial charge in [-0.15, -0.1) is 0 Å². The van der Waals surface area contributed by atoms with Gasteiger partial charge in [-0.2, -0.15) is 21.6 Å². The van der Waals surface area contributed by atoms with Crippen molar-refractivity contribution in [1.82, 2.24) is 5.32 Å². The number of ether oxygens (including phenoxy) is 1. The van der Waals surface area contributed by atoms with Crippen LogP contribution < -0.4 is 15.5 Å². The lowest BCUT2D eigenvalue weighted by atomic mass is 9.84. The van der Waals surface area contributed by atoms with E-state index in [1.54, 1.807) is 30.6 Å². The van der Waals surface area contributed by atoms with Crippen molar-refractivity contribution in [3.05, 3.63) is 36.0 Å². The van der Waals surface area contributed by atoms with E-state index < -0.39 is 41.0 Å². The summed E-state index contributed by atoms with van der Waals surface area (Å²) in [6, 6.07) is 5.09. The van der Waals surface area contributed by atoms with Gasteiger partial charge in [-0.05, 0) is 55.9 Å². The molecule has 0 saturated heterocycles. The average Bonchev–Trinajstić information content (AvgIpc) is 3.08. The molecule has 15 heteroatoms. The first kappa shape index (κ1) is 36.2. The average molecular weight is 643 g/mol. The normalized spacial score (nSPS) is 16.4. The van der Waals surface area contributed by atoms with Crippen molar-refractivity contribution >= 4 is 34.6 Å². The molecule has 0 radical (unpaired) electrons. The molecule has 0 bridgehead atoms. The maximum Gasteiger partial charge on any atom is 0.471 e. The van der Waals surface area contributed by atoms with E-state index in [1.807, 2.05) is 18.7 Å². The Morgan fingerprint density at radius 2 is 1.64 bits per heavy atom. The van der Waals surface area contributed by atoms with Crippen LogP contribution in [0.2, 0.25) is 0 Å². The van der Waals surface area contributed by atoms with Crippen LogP contribution in [0.3, 0.4) is 0 Å². The molecule has 1 unspecified atom stereocenters. The molecule has 1 aromatic rings. The van der Waals surface area contributed by atoms with Crippen molar-refractivity contribution in [2.24, 2.45) is 0 Å². The van der Waals surface area contributed by atoms with E-state index in [1.165, 1.54) is 0 Å². The van der Waals surface area contributed by atoms with Crippen molar-refractivity contribution in [3.63, 3.8) is 0 Å². The summed E-state index contributed by atoms with van der Waals surface area (Å²) in [5.41, 5.74) is 1.67. The summed E-state index contributed by atoms with van der Waals surface area (Å²) in [6.07, 6.45) is -1.11. The third kappa shape index (κ3) is 10.6. The summed E-state index contributed by atoms with van der Waals surface area (Å²) in [4.78, 5) is 12.8. The van der Waals surface area contributed by atoms with Gasteiger partial charge in [0.05, 0.1) is 24.3 Å². The molecule has 0 fully saturated rings. The second kappa shape index (κ2) is 15.7. The first-order valence-corrected chi connectivity index (χ1v) is 17.0. The molecule has 1 atom stereocenters. The lowest BCUT2D eigenvalue weighted by Crippen LogP contribution is -2.37. The molecule has 1 aliphatic heterocycles. The second-order valence-electron chi connectivity index (χ2n) is 10.6. The minimum Gasteiger partial charge on any atom is -0.385 e. The number of allylic oxidation sites excluding steroid dienone is 1. The number of nitrogens with zero attached hydrogens (tertiary/aromatic N) is 1. The Bertz CT molecular complexity index is 1220. The fourth-order valence-electron chi connectivity index (χ4n) is 4.52. The number of carbonyl (C=O) groups is 1. The number of carbonyl (C=O) groups excluding carboxylic acids is 1. The fourth-order valence-corrected chi connectivity index (χ4v) is 6.67. The van der Waals surface area contributed by atoms with Gasteiger partial charge >= 0.3 is 19.7 Å². The van der Waals surface area contributed by atoms with Crippen molar-refractivity contribution in [2.75, 3.05) is 50.7 Å². The van der Waals surface area contributed by atoms with Gasteiger partial charge in [0.1, 0.15) is 0 Å². The molecule has 10 nitrogen and oxygen atoms in total. The summed E-state index contributed by atoms with van der Waals surface area (Å²) in [6.45, 7) is 8.88. The van der Waals surface area contributed by atoms with E-state index in [2.05, 4.69) is 6.58 Å². The molecule has 1 aromatic carbocycles. The maximum absolute atomic E-state index is 14.1. The quantitative estimate of drug-likeness (QED) is 0.120. The van der Waals surface area contributed by atoms with E-state index in [-0.39, 0.29) is 39.0 Å². The van der Waals surface area contributed by atoms with Crippen LogP contribution in [0, 0.1) is 0 Å². The number of amides is 1. The summed E-state index contributed by atoms with van der Waals surface area (Å²) in [5, 5.41) is 2.11. The summed E-state index contributed by atoms with van der Waals surface area (Å²) in [5.74, 6) is -2.41. The standard InChI is InChI=1S/C27H42F3N2O8PS/c1-21-26(2,3)23-20-22(12-13-24(23)32(21)15-11-19-42(35,36)37)41(34,39-17-9-6-5-8-16-38-4)40-18-10-7-14-31-25(33)27(28,29)30/h12-13,20H,1,5-11,14-19H2,2-4H3,(H,31,33)(H,35,36,37).